The highest BCUT2D eigenvalue weighted by Gasteiger charge is 2.17. The molecular weight excluding hydrogens is 294 g/mol. The molecule has 0 saturated heterocycles. The summed E-state index contributed by atoms with van der Waals surface area (Å²) in [5, 5.41) is 12.2. The first-order valence-corrected chi connectivity index (χ1v) is 7.33. The number of thioether (sulfide) groups is 1. The number of amides is 1. The molecule has 0 unspecified atom stereocenters. The van der Waals surface area contributed by atoms with Gasteiger partial charge in [0.2, 0.25) is 5.91 Å². The van der Waals surface area contributed by atoms with Crippen molar-refractivity contribution in [3.05, 3.63) is 12.7 Å². The molecule has 8 nitrogen and oxygen atoms in total. The van der Waals surface area contributed by atoms with Crippen LogP contribution in [0.25, 0.3) is 11.2 Å². The van der Waals surface area contributed by atoms with Gasteiger partial charge in [0.25, 0.3) is 0 Å². The number of carbonyl (C=O) groups is 2. The lowest BCUT2D eigenvalue weighted by Crippen LogP contribution is -2.39. The van der Waals surface area contributed by atoms with Crippen LogP contribution < -0.4 is 5.32 Å². The number of aromatic nitrogens is 4. The first kappa shape index (κ1) is 15.2. The fourth-order valence-electron chi connectivity index (χ4n) is 1.81. The minimum Gasteiger partial charge on any atom is -0.480 e. The number of carboxylic acids is 1. The molecular formula is C12H15N5O3S. The second-order valence-corrected chi connectivity index (χ2v) is 5.45. The van der Waals surface area contributed by atoms with Gasteiger partial charge in [0.15, 0.2) is 5.65 Å². The van der Waals surface area contributed by atoms with E-state index in [0.29, 0.717) is 24.2 Å². The lowest BCUT2D eigenvalue weighted by atomic mass is 10.2. The standard InChI is InChI=1S/C12H15N5O3S/c1-7(18)17-8(12(19)20)3-2-4-21-11-9-10(14-5-13-9)15-6-16-11/h5-6,8H,2-4H2,1H3,(H,17,18)(H,19,20)(H,13,14,15,16)/t8-/m0/s1. The summed E-state index contributed by atoms with van der Waals surface area (Å²) < 4.78 is 0. The molecule has 3 N–H and O–H groups in total. The molecule has 0 bridgehead atoms. The number of nitrogens with zero attached hydrogens (tertiary/aromatic N) is 3. The Hall–Kier alpha value is -2.16. The first-order valence-electron chi connectivity index (χ1n) is 6.34. The summed E-state index contributed by atoms with van der Waals surface area (Å²) in [4.78, 5) is 37.1. The van der Waals surface area contributed by atoms with Crippen LogP contribution >= 0.6 is 11.8 Å². The van der Waals surface area contributed by atoms with Crippen LogP contribution in [0.2, 0.25) is 0 Å². The lowest BCUT2D eigenvalue weighted by molar-refractivity contribution is -0.141. The van der Waals surface area contributed by atoms with Gasteiger partial charge in [-0.1, -0.05) is 0 Å². The van der Waals surface area contributed by atoms with Crippen LogP contribution in [-0.4, -0.2) is 48.7 Å². The monoisotopic (exact) mass is 309 g/mol. The van der Waals surface area contributed by atoms with E-state index in [1.165, 1.54) is 25.0 Å². The average Bonchev–Trinajstić information content (AvgIpc) is 2.90. The van der Waals surface area contributed by atoms with Gasteiger partial charge >= 0.3 is 5.97 Å². The third-order valence-corrected chi connectivity index (χ3v) is 3.82. The molecule has 1 amide bonds. The molecule has 0 aromatic carbocycles. The molecule has 0 fully saturated rings. The Morgan fingerprint density at radius 1 is 1.43 bits per heavy atom. The number of hydrogen-bond acceptors (Lipinski definition) is 6. The van der Waals surface area contributed by atoms with E-state index >= 15 is 0 Å². The van der Waals surface area contributed by atoms with Crippen molar-refractivity contribution in [2.75, 3.05) is 5.75 Å². The number of carboxylic acid groups (broad SMARTS) is 1. The number of nitrogens with one attached hydrogen (secondary N) is 2. The molecule has 21 heavy (non-hydrogen) atoms. The van der Waals surface area contributed by atoms with Gasteiger partial charge in [0.05, 0.1) is 6.33 Å². The topological polar surface area (TPSA) is 121 Å². The van der Waals surface area contributed by atoms with Crippen LogP contribution in [0.15, 0.2) is 17.7 Å². The van der Waals surface area contributed by atoms with Crippen molar-refractivity contribution in [1.82, 2.24) is 25.3 Å². The first-order chi connectivity index (χ1) is 10.1. The van der Waals surface area contributed by atoms with Crippen molar-refractivity contribution in [1.29, 1.82) is 0 Å². The molecule has 0 saturated carbocycles. The Kier molecular flexibility index (Phi) is 5.09. The van der Waals surface area contributed by atoms with E-state index in [9.17, 15) is 9.59 Å². The van der Waals surface area contributed by atoms with Crippen molar-refractivity contribution >= 4 is 34.8 Å². The van der Waals surface area contributed by atoms with E-state index in [4.69, 9.17) is 5.11 Å². The van der Waals surface area contributed by atoms with Gasteiger partial charge in [0.1, 0.15) is 22.9 Å². The second-order valence-electron chi connectivity index (χ2n) is 4.36. The summed E-state index contributed by atoms with van der Waals surface area (Å²) in [6.45, 7) is 1.31. The molecule has 2 rings (SSSR count). The summed E-state index contributed by atoms with van der Waals surface area (Å²) in [6.07, 6.45) is 4.02. The van der Waals surface area contributed by atoms with Crippen LogP contribution in [0.5, 0.6) is 0 Å². The summed E-state index contributed by atoms with van der Waals surface area (Å²) >= 11 is 1.50. The van der Waals surface area contributed by atoms with E-state index in [1.807, 2.05) is 0 Å². The van der Waals surface area contributed by atoms with Gasteiger partial charge in [-0.25, -0.2) is 19.7 Å². The highest BCUT2D eigenvalue weighted by atomic mass is 32.2. The highest BCUT2D eigenvalue weighted by molar-refractivity contribution is 7.99. The molecule has 1 atom stereocenters. The van der Waals surface area contributed by atoms with Crippen LogP contribution in [0.1, 0.15) is 19.8 Å². The van der Waals surface area contributed by atoms with Gasteiger partial charge in [-0.15, -0.1) is 11.8 Å². The van der Waals surface area contributed by atoms with E-state index in [-0.39, 0.29) is 5.91 Å². The minimum absolute atomic E-state index is 0.343. The second kappa shape index (κ2) is 7.02. The molecule has 9 heteroatoms. The maximum absolute atomic E-state index is 11.0. The number of fused-ring (bicyclic) bond motifs is 1. The van der Waals surface area contributed by atoms with Crippen molar-refractivity contribution in [3.63, 3.8) is 0 Å². The Labute approximate surface area is 124 Å². The molecule has 2 aromatic heterocycles. The molecule has 0 radical (unpaired) electrons. The van der Waals surface area contributed by atoms with E-state index in [1.54, 1.807) is 6.33 Å². The van der Waals surface area contributed by atoms with Crippen molar-refractivity contribution in [3.8, 4) is 0 Å². The third kappa shape index (κ3) is 4.15. The van der Waals surface area contributed by atoms with Gasteiger partial charge < -0.3 is 15.4 Å². The fourth-order valence-corrected chi connectivity index (χ4v) is 2.73. The summed E-state index contributed by atoms with van der Waals surface area (Å²) in [6, 6.07) is -0.847. The van der Waals surface area contributed by atoms with E-state index in [2.05, 4.69) is 25.3 Å². The van der Waals surface area contributed by atoms with Crippen molar-refractivity contribution in [2.24, 2.45) is 0 Å². The Morgan fingerprint density at radius 3 is 2.95 bits per heavy atom. The van der Waals surface area contributed by atoms with Gasteiger partial charge in [-0.05, 0) is 18.6 Å². The normalized spacial score (nSPS) is 12.2. The maximum atomic E-state index is 11.0. The van der Waals surface area contributed by atoms with Crippen molar-refractivity contribution < 1.29 is 14.7 Å². The zero-order valence-corrected chi connectivity index (χ0v) is 12.2. The molecule has 0 spiro atoms. The molecule has 2 aromatic rings. The van der Waals surface area contributed by atoms with E-state index in [0.717, 1.165) is 10.5 Å². The van der Waals surface area contributed by atoms with Crippen LogP contribution in [0, 0.1) is 0 Å². The molecule has 0 aliphatic carbocycles. The predicted octanol–water partition coefficient (Wildman–Crippen LogP) is 0.815. The van der Waals surface area contributed by atoms with Crippen molar-refractivity contribution in [2.45, 2.75) is 30.8 Å². The Bertz CT molecular complexity index is 645. The Morgan fingerprint density at radius 2 is 2.24 bits per heavy atom. The number of aliphatic carboxylic acids is 1. The zero-order chi connectivity index (χ0) is 15.2. The number of carbonyl (C=O) groups excluding carboxylic acids is 1. The van der Waals surface area contributed by atoms with Crippen LogP contribution in [0.3, 0.4) is 0 Å². The van der Waals surface area contributed by atoms with Gasteiger partial charge in [-0.2, -0.15) is 0 Å². The number of rotatable bonds is 7. The summed E-state index contributed by atoms with van der Waals surface area (Å²) in [5.74, 6) is -0.674. The fraction of sp³-hybridized carbons (Fsp3) is 0.417. The number of hydrogen-bond donors (Lipinski definition) is 3. The zero-order valence-electron chi connectivity index (χ0n) is 11.4. The molecule has 0 aliphatic rings. The maximum Gasteiger partial charge on any atom is 0.326 e. The smallest absolute Gasteiger partial charge is 0.326 e. The summed E-state index contributed by atoms with van der Waals surface area (Å²) in [5.41, 5.74) is 1.38. The number of aromatic amines is 1. The quantitative estimate of drug-likeness (QED) is 0.393. The Balaban J connectivity index is 1.85. The van der Waals surface area contributed by atoms with Gasteiger partial charge in [0, 0.05) is 6.92 Å². The van der Waals surface area contributed by atoms with Gasteiger partial charge in [-0.3, -0.25) is 4.79 Å². The molecule has 112 valence electrons. The van der Waals surface area contributed by atoms with Crippen LogP contribution in [0.4, 0.5) is 0 Å². The predicted molar refractivity (Wildman–Crippen MR) is 76.9 cm³/mol. The largest absolute Gasteiger partial charge is 0.480 e. The number of H-pyrrole nitrogens is 1. The van der Waals surface area contributed by atoms with Crippen LogP contribution in [-0.2, 0) is 9.59 Å². The third-order valence-electron chi connectivity index (χ3n) is 2.74. The molecule has 2 heterocycles. The SMILES string of the molecule is CC(=O)N[C@@H](CCCSc1ncnc2nc[nH]c12)C(=O)O. The average molecular weight is 309 g/mol. The highest BCUT2D eigenvalue weighted by Crippen LogP contribution is 2.22. The lowest BCUT2D eigenvalue weighted by Gasteiger charge is -2.12. The molecule has 0 aliphatic heterocycles. The number of imidazole rings is 1. The minimum atomic E-state index is -1.02. The summed E-state index contributed by atoms with van der Waals surface area (Å²) in [7, 11) is 0. The van der Waals surface area contributed by atoms with E-state index < -0.39 is 12.0 Å².